The van der Waals surface area contributed by atoms with Crippen LogP contribution < -0.4 is 4.90 Å². The van der Waals surface area contributed by atoms with Crippen molar-refractivity contribution in [1.82, 2.24) is 0 Å². The molecule has 4 aliphatic carbocycles. The lowest BCUT2D eigenvalue weighted by Gasteiger charge is -2.45. The maximum Gasteiger partial charge on any atom is 0.0726 e. The number of anilines is 3. The summed E-state index contributed by atoms with van der Waals surface area (Å²) in [7, 11) is 0. The smallest absolute Gasteiger partial charge is 0.0726 e. The first-order chi connectivity index (χ1) is 31.7. The molecule has 0 unspecified atom stereocenters. The zero-order valence-corrected chi connectivity index (χ0v) is 40.0. The molecule has 0 N–H and O–H groups in total. The Labute approximate surface area is 393 Å². The van der Waals surface area contributed by atoms with Gasteiger partial charge in [-0.1, -0.05) is 201 Å². The molecule has 0 aliphatic heterocycles. The largest absolute Gasteiger partial charge is 0.310 e. The van der Waals surface area contributed by atoms with Crippen LogP contribution in [0, 0.1) is 0 Å². The number of hydrogen-bond donors (Lipinski definition) is 0. The second kappa shape index (κ2) is 14.3. The molecule has 0 bridgehead atoms. The molecule has 66 heavy (non-hydrogen) atoms. The van der Waals surface area contributed by atoms with Gasteiger partial charge in [-0.3, -0.25) is 0 Å². The van der Waals surface area contributed by atoms with Gasteiger partial charge in [-0.15, -0.1) is 0 Å². The van der Waals surface area contributed by atoms with Crippen molar-refractivity contribution in [2.24, 2.45) is 0 Å². The van der Waals surface area contributed by atoms with Crippen molar-refractivity contribution in [3.8, 4) is 44.5 Å². The van der Waals surface area contributed by atoms with E-state index in [2.05, 4.69) is 236 Å². The molecule has 0 amide bonds. The highest BCUT2D eigenvalue weighted by molar-refractivity contribution is 6.01. The minimum atomic E-state index is -0.482. The Bertz CT molecular complexity index is 3200. The molecule has 8 aromatic rings. The predicted octanol–water partition coefficient (Wildman–Crippen LogP) is 17.5. The quantitative estimate of drug-likeness (QED) is 0.167. The van der Waals surface area contributed by atoms with Gasteiger partial charge in [0.1, 0.15) is 0 Å². The minimum absolute atomic E-state index is 0.0136. The molecule has 1 heteroatoms. The summed E-state index contributed by atoms with van der Waals surface area (Å²) in [6, 6.07) is 67.8. The number of nitrogens with zero attached hydrogens (tertiary/aromatic N) is 1. The van der Waals surface area contributed by atoms with E-state index in [4.69, 9.17) is 0 Å². The summed E-state index contributed by atoms with van der Waals surface area (Å²) < 4.78 is 0. The van der Waals surface area contributed by atoms with Crippen LogP contribution >= 0.6 is 0 Å². The standard InChI is InChI=1S/C65H61N/c1-61(2)36-38-63(5,6)59-48(25-18-29-54(59)61)50-40-49-47-24-14-17-28-53(47)65(51-26-15-12-22-45(51)46-23-13-16-27-52(46)65)56(49)41-58(50)66(44-34-32-43(33-35-44)42-20-10-9-11-21-42)57-31-19-30-55-60(57)64(7,8)39-37-62(55,3)4/h9-35,40-41H,36-39H2,1-8H3. The van der Waals surface area contributed by atoms with Crippen molar-refractivity contribution in [1.29, 1.82) is 0 Å². The first-order valence-electron chi connectivity index (χ1n) is 24.4. The average Bonchev–Trinajstić information content (AvgIpc) is 3.79. The molecule has 12 rings (SSSR count). The minimum Gasteiger partial charge on any atom is -0.310 e. The molecule has 4 aliphatic rings. The Hall–Kier alpha value is -6.44. The van der Waals surface area contributed by atoms with E-state index < -0.39 is 5.41 Å². The van der Waals surface area contributed by atoms with Crippen LogP contribution in [0.5, 0.6) is 0 Å². The van der Waals surface area contributed by atoms with Gasteiger partial charge in [-0.25, -0.2) is 0 Å². The van der Waals surface area contributed by atoms with Gasteiger partial charge >= 0.3 is 0 Å². The van der Waals surface area contributed by atoms with Crippen molar-refractivity contribution in [2.45, 2.75) is 108 Å². The van der Waals surface area contributed by atoms with Gasteiger partial charge in [0.25, 0.3) is 0 Å². The first kappa shape index (κ1) is 41.0. The normalized spacial score (nSPS) is 18.1. The van der Waals surface area contributed by atoms with Crippen molar-refractivity contribution < 1.29 is 0 Å². The van der Waals surface area contributed by atoms with Gasteiger partial charge in [0.15, 0.2) is 0 Å². The van der Waals surface area contributed by atoms with Crippen molar-refractivity contribution in [3.05, 3.63) is 220 Å². The fraction of sp³-hybridized carbons (Fsp3) is 0.262. The summed E-state index contributed by atoms with van der Waals surface area (Å²) in [5.74, 6) is 0. The number of rotatable bonds is 5. The summed E-state index contributed by atoms with van der Waals surface area (Å²) >= 11 is 0. The summed E-state index contributed by atoms with van der Waals surface area (Å²) in [4.78, 5) is 2.69. The molecule has 0 saturated heterocycles. The Kier molecular flexibility index (Phi) is 8.88. The van der Waals surface area contributed by atoms with E-state index in [1.54, 1.807) is 0 Å². The van der Waals surface area contributed by atoms with E-state index in [9.17, 15) is 0 Å². The van der Waals surface area contributed by atoms with Gasteiger partial charge < -0.3 is 4.90 Å². The van der Waals surface area contributed by atoms with Gasteiger partial charge in [0, 0.05) is 11.3 Å². The molecule has 0 fully saturated rings. The Morgan fingerprint density at radius 2 is 0.742 bits per heavy atom. The fourth-order valence-corrected chi connectivity index (χ4v) is 13.2. The molecule has 8 aromatic carbocycles. The lowest BCUT2D eigenvalue weighted by molar-refractivity contribution is 0.332. The second-order valence-electron chi connectivity index (χ2n) is 22.5. The lowest BCUT2D eigenvalue weighted by Crippen LogP contribution is -2.35. The van der Waals surface area contributed by atoms with Crippen molar-refractivity contribution >= 4 is 17.1 Å². The molecule has 0 radical (unpaired) electrons. The third kappa shape index (κ3) is 5.78. The molecule has 1 spiro atoms. The van der Waals surface area contributed by atoms with E-state index in [0.29, 0.717) is 0 Å². The van der Waals surface area contributed by atoms with E-state index in [0.717, 1.165) is 19.3 Å². The third-order valence-corrected chi connectivity index (χ3v) is 16.8. The van der Waals surface area contributed by atoms with Gasteiger partial charge in [0.05, 0.1) is 16.8 Å². The monoisotopic (exact) mass is 855 g/mol. The average molecular weight is 856 g/mol. The number of hydrogen-bond acceptors (Lipinski definition) is 1. The van der Waals surface area contributed by atoms with E-state index >= 15 is 0 Å². The summed E-state index contributed by atoms with van der Waals surface area (Å²) in [5, 5.41) is 0. The van der Waals surface area contributed by atoms with Crippen LogP contribution in [0.3, 0.4) is 0 Å². The van der Waals surface area contributed by atoms with Gasteiger partial charge in [0.2, 0.25) is 0 Å². The first-order valence-corrected chi connectivity index (χ1v) is 24.4. The second-order valence-corrected chi connectivity index (χ2v) is 22.5. The third-order valence-electron chi connectivity index (χ3n) is 16.8. The Morgan fingerprint density at radius 1 is 0.303 bits per heavy atom. The highest BCUT2D eigenvalue weighted by atomic mass is 15.1. The van der Waals surface area contributed by atoms with E-state index in [1.165, 1.54) is 112 Å². The lowest BCUT2D eigenvalue weighted by atomic mass is 9.61. The molecule has 0 saturated carbocycles. The molecular weight excluding hydrogens is 795 g/mol. The molecule has 0 heterocycles. The molecule has 326 valence electrons. The number of benzene rings is 8. The summed E-state index contributed by atoms with van der Waals surface area (Å²) in [5.41, 5.74) is 25.0. The Morgan fingerprint density at radius 3 is 1.33 bits per heavy atom. The van der Waals surface area contributed by atoms with Gasteiger partial charge in [-0.05, 0) is 161 Å². The van der Waals surface area contributed by atoms with Crippen molar-refractivity contribution in [3.63, 3.8) is 0 Å². The van der Waals surface area contributed by atoms with Crippen molar-refractivity contribution in [2.75, 3.05) is 4.90 Å². The topological polar surface area (TPSA) is 3.24 Å². The highest BCUT2D eigenvalue weighted by Gasteiger charge is 2.52. The Balaban J connectivity index is 1.25. The van der Waals surface area contributed by atoms with Crippen LogP contribution in [0.1, 0.15) is 126 Å². The van der Waals surface area contributed by atoms with Crippen LogP contribution in [-0.2, 0) is 27.1 Å². The van der Waals surface area contributed by atoms with E-state index in [-0.39, 0.29) is 21.7 Å². The zero-order chi connectivity index (χ0) is 45.4. The van der Waals surface area contributed by atoms with Crippen LogP contribution in [0.15, 0.2) is 176 Å². The zero-order valence-electron chi connectivity index (χ0n) is 40.0. The summed E-state index contributed by atoms with van der Waals surface area (Å²) in [6.45, 7) is 19.8. The van der Waals surface area contributed by atoms with E-state index in [1.807, 2.05) is 0 Å². The molecule has 0 aromatic heterocycles. The maximum atomic E-state index is 2.69. The molecule has 1 nitrogen and oxygen atoms in total. The SMILES string of the molecule is CC1(C)CCC(C)(C)c2c(-c3cc4c(cc3N(c3ccc(-c5ccccc5)cc3)c3cccc5c3C(C)(C)CCC5(C)C)C3(c5ccccc5-c5ccccc53)c3ccccc3-4)cccc21. The molecular formula is C65H61N. The highest BCUT2D eigenvalue weighted by Crippen LogP contribution is 2.65. The van der Waals surface area contributed by atoms with Crippen LogP contribution in [0.4, 0.5) is 17.1 Å². The predicted molar refractivity (Wildman–Crippen MR) is 279 cm³/mol. The van der Waals surface area contributed by atoms with Crippen LogP contribution in [0.2, 0.25) is 0 Å². The number of fused-ring (bicyclic) bond motifs is 12. The van der Waals surface area contributed by atoms with Crippen LogP contribution in [-0.4, -0.2) is 0 Å². The fourth-order valence-electron chi connectivity index (χ4n) is 13.2. The summed E-state index contributed by atoms with van der Waals surface area (Å²) in [6.07, 6.45) is 4.60. The van der Waals surface area contributed by atoms with Crippen LogP contribution in [0.25, 0.3) is 44.5 Å². The van der Waals surface area contributed by atoms with Gasteiger partial charge in [-0.2, -0.15) is 0 Å². The molecule has 0 atom stereocenters. The maximum absolute atomic E-state index is 2.69.